The standard InChI is InChI=1S/C10H3F17/c1-2-3(11,9(22,23)24)4(12,13)5(14,15)6(16,17)7(18,19)8(20,21)10(25,26)27/h2H,1H2. The Bertz CT molecular complexity index is 563. The minimum atomic E-state index is -8.53. The largest absolute Gasteiger partial charge is 0.460 e. The van der Waals surface area contributed by atoms with E-state index in [9.17, 15) is 74.6 Å². The number of hydrogen-bond acceptors (Lipinski definition) is 0. The maximum Gasteiger partial charge on any atom is 0.460 e. The van der Waals surface area contributed by atoms with E-state index < -0.39 is 53.7 Å². The summed E-state index contributed by atoms with van der Waals surface area (Å²) in [6.07, 6.45) is -16.8. The van der Waals surface area contributed by atoms with Gasteiger partial charge in [0.05, 0.1) is 0 Å². The molecule has 0 heterocycles. The van der Waals surface area contributed by atoms with Gasteiger partial charge in [-0.2, -0.15) is 70.2 Å². The van der Waals surface area contributed by atoms with E-state index >= 15 is 0 Å². The summed E-state index contributed by atoms with van der Waals surface area (Å²) in [5.41, 5.74) is -6.92. The van der Waals surface area contributed by atoms with E-state index in [0.29, 0.717) is 0 Å². The minimum absolute atomic E-state index is 1.64. The summed E-state index contributed by atoms with van der Waals surface area (Å²) < 4.78 is 215. The van der Waals surface area contributed by atoms with E-state index in [1.807, 2.05) is 0 Å². The van der Waals surface area contributed by atoms with Crippen LogP contribution in [0.3, 0.4) is 0 Å². The molecule has 0 N–H and O–H groups in total. The predicted molar refractivity (Wildman–Crippen MR) is 50.9 cm³/mol. The quantitative estimate of drug-likeness (QED) is 0.338. The number of rotatable bonds is 6. The van der Waals surface area contributed by atoms with Crippen molar-refractivity contribution in [3.05, 3.63) is 12.7 Å². The van der Waals surface area contributed by atoms with Gasteiger partial charge >= 0.3 is 42.0 Å². The topological polar surface area (TPSA) is 0 Å². The Hall–Kier alpha value is -1.45. The van der Waals surface area contributed by atoms with Crippen LogP contribution >= 0.6 is 0 Å². The van der Waals surface area contributed by atoms with Gasteiger partial charge in [0.2, 0.25) is 0 Å². The van der Waals surface area contributed by atoms with E-state index in [-0.39, 0.29) is 0 Å². The lowest BCUT2D eigenvalue weighted by molar-refractivity contribution is -0.453. The Morgan fingerprint density at radius 1 is 0.370 bits per heavy atom. The first-order valence-electron chi connectivity index (χ1n) is 5.66. The molecular weight excluding hydrogens is 443 g/mol. The molecule has 27 heavy (non-hydrogen) atoms. The van der Waals surface area contributed by atoms with Gasteiger partial charge in [-0.1, -0.05) is 6.58 Å². The molecule has 0 aliphatic carbocycles. The normalized spacial score (nSPS) is 18.3. The summed E-state index contributed by atoms with van der Waals surface area (Å²) in [6.45, 7) is 1.64. The van der Waals surface area contributed by atoms with Crippen molar-refractivity contribution in [2.24, 2.45) is 0 Å². The summed E-state index contributed by atoms with van der Waals surface area (Å²) in [4.78, 5) is 0. The molecule has 0 nitrogen and oxygen atoms in total. The fourth-order valence-corrected chi connectivity index (χ4v) is 1.42. The van der Waals surface area contributed by atoms with E-state index in [0.717, 1.165) is 0 Å². The van der Waals surface area contributed by atoms with Crippen LogP contribution < -0.4 is 0 Å². The lowest BCUT2D eigenvalue weighted by Gasteiger charge is -2.43. The molecule has 1 unspecified atom stereocenters. The van der Waals surface area contributed by atoms with Gasteiger partial charge in [-0.25, -0.2) is 4.39 Å². The Balaban J connectivity index is 6.78. The van der Waals surface area contributed by atoms with Crippen molar-refractivity contribution in [3.63, 3.8) is 0 Å². The first-order valence-corrected chi connectivity index (χ1v) is 5.66. The second kappa shape index (κ2) is 6.02. The maximum atomic E-state index is 13.3. The van der Waals surface area contributed by atoms with Gasteiger partial charge in [-0.05, 0) is 6.08 Å². The summed E-state index contributed by atoms with van der Waals surface area (Å²) in [7, 11) is 0. The van der Waals surface area contributed by atoms with Crippen molar-refractivity contribution >= 4 is 0 Å². The molecule has 0 fully saturated rings. The molecule has 17 heteroatoms. The number of alkyl halides is 17. The fourth-order valence-electron chi connectivity index (χ4n) is 1.42. The van der Waals surface area contributed by atoms with Crippen molar-refractivity contribution in [1.82, 2.24) is 0 Å². The van der Waals surface area contributed by atoms with Crippen molar-refractivity contribution in [1.29, 1.82) is 0 Å². The van der Waals surface area contributed by atoms with Crippen LogP contribution in [0.5, 0.6) is 0 Å². The van der Waals surface area contributed by atoms with Crippen molar-refractivity contribution in [3.8, 4) is 0 Å². The predicted octanol–water partition coefficient (Wildman–Crippen LogP) is 6.18. The van der Waals surface area contributed by atoms with Crippen LogP contribution in [0, 0.1) is 0 Å². The molecule has 0 aliphatic rings. The lowest BCUT2D eigenvalue weighted by atomic mass is 9.85. The van der Waals surface area contributed by atoms with E-state index in [4.69, 9.17) is 0 Å². The molecule has 0 spiro atoms. The maximum absolute atomic E-state index is 13.3. The van der Waals surface area contributed by atoms with Crippen LogP contribution in [0.2, 0.25) is 0 Å². The first-order chi connectivity index (χ1) is 11.3. The molecule has 0 aromatic carbocycles. The first kappa shape index (κ1) is 25.6. The third kappa shape index (κ3) is 3.00. The van der Waals surface area contributed by atoms with Crippen LogP contribution in [-0.4, -0.2) is 47.6 Å². The zero-order chi connectivity index (χ0) is 22.7. The summed E-state index contributed by atoms with van der Waals surface area (Å²) in [5, 5.41) is 0. The Labute approximate surface area is 136 Å². The fraction of sp³-hybridized carbons (Fsp3) is 0.800. The van der Waals surface area contributed by atoms with Gasteiger partial charge < -0.3 is 0 Å². The van der Waals surface area contributed by atoms with E-state index in [1.165, 1.54) is 0 Å². The molecule has 0 amide bonds. The van der Waals surface area contributed by atoms with Crippen LogP contribution in [0.15, 0.2) is 12.7 Å². The van der Waals surface area contributed by atoms with Gasteiger partial charge in [0, 0.05) is 0 Å². The summed E-state index contributed by atoms with van der Waals surface area (Å²) in [5.74, 6) is -41.5. The smallest absolute Gasteiger partial charge is 0.222 e. The molecule has 0 saturated heterocycles. The van der Waals surface area contributed by atoms with E-state index in [2.05, 4.69) is 0 Å². The van der Waals surface area contributed by atoms with Crippen molar-refractivity contribution < 1.29 is 74.6 Å². The molecule has 0 saturated carbocycles. The molecule has 0 aliphatic heterocycles. The number of hydrogen-bond donors (Lipinski definition) is 0. The SMILES string of the molecule is C=CC(F)(C(F)(F)F)C(F)(F)C(F)(F)C(F)(F)C(F)(F)C(F)(F)C(F)(F)F. The van der Waals surface area contributed by atoms with Gasteiger partial charge in [-0.15, -0.1) is 0 Å². The van der Waals surface area contributed by atoms with E-state index in [1.54, 1.807) is 6.58 Å². The molecule has 0 radical (unpaired) electrons. The molecule has 0 rings (SSSR count). The monoisotopic (exact) mass is 446 g/mol. The summed E-state index contributed by atoms with van der Waals surface area (Å²) in [6, 6.07) is 0. The number of halogens is 17. The van der Waals surface area contributed by atoms with Gasteiger partial charge in [0.1, 0.15) is 0 Å². The molecular formula is C10H3F17. The molecule has 1 atom stereocenters. The van der Waals surface area contributed by atoms with Gasteiger partial charge in [0.25, 0.3) is 5.67 Å². The Morgan fingerprint density at radius 3 is 0.852 bits per heavy atom. The van der Waals surface area contributed by atoms with Gasteiger partial charge in [0.15, 0.2) is 0 Å². The Morgan fingerprint density at radius 2 is 0.630 bits per heavy atom. The lowest BCUT2D eigenvalue weighted by Crippen LogP contribution is -2.74. The third-order valence-corrected chi connectivity index (χ3v) is 3.08. The third-order valence-electron chi connectivity index (χ3n) is 3.08. The highest BCUT2D eigenvalue weighted by Crippen LogP contribution is 2.63. The average Bonchev–Trinajstić information content (AvgIpc) is 2.42. The number of allylic oxidation sites excluding steroid dienone is 1. The second-order valence-electron chi connectivity index (χ2n) is 4.78. The molecule has 0 aromatic heterocycles. The molecule has 0 bridgehead atoms. The van der Waals surface area contributed by atoms with Crippen LogP contribution in [-0.2, 0) is 0 Å². The van der Waals surface area contributed by atoms with Crippen LogP contribution in [0.1, 0.15) is 0 Å². The second-order valence-corrected chi connectivity index (χ2v) is 4.78. The van der Waals surface area contributed by atoms with Crippen molar-refractivity contribution in [2.45, 2.75) is 47.6 Å². The Kier molecular flexibility index (Phi) is 5.70. The molecule has 162 valence electrons. The summed E-state index contributed by atoms with van der Waals surface area (Å²) >= 11 is 0. The van der Waals surface area contributed by atoms with Crippen molar-refractivity contribution in [2.75, 3.05) is 0 Å². The minimum Gasteiger partial charge on any atom is -0.222 e. The highest BCUT2D eigenvalue weighted by atomic mass is 19.4. The van der Waals surface area contributed by atoms with Crippen LogP contribution in [0.25, 0.3) is 0 Å². The highest BCUT2D eigenvalue weighted by Gasteiger charge is 2.94. The molecule has 0 aromatic rings. The van der Waals surface area contributed by atoms with Crippen LogP contribution in [0.4, 0.5) is 74.6 Å². The van der Waals surface area contributed by atoms with Gasteiger partial charge in [-0.3, -0.25) is 0 Å². The highest BCUT2D eigenvalue weighted by molar-refractivity contribution is 5.21. The average molecular weight is 446 g/mol. The zero-order valence-corrected chi connectivity index (χ0v) is 11.7. The zero-order valence-electron chi connectivity index (χ0n) is 11.7.